The Morgan fingerprint density at radius 1 is 1.26 bits per heavy atom. The number of nitrogens with one attached hydrogen (secondary N) is 2. The fourth-order valence-corrected chi connectivity index (χ4v) is 4.57. The van der Waals surface area contributed by atoms with Crippen molar-refractivity contribution in [2.45, 2.75) is 24.3 Å². The monoisotopic (exact) mass is 447 g/mol. The first-order valence-corrected chi connectivity index (χ1v) is 10.7. The van der Waals surface area contributed by atoms with Crippen molar-refractivity contribution in [3.63, 3.8) is 0 Å². The molecule has 2 atom stereocenters. The highest BCUT2D eigenvalue weighted by molar-refractivity contribution is 9.10. The normalized spacial score (nSPS) is 19.9. The molecule has 1 aliphatic rings. The molecule has 0 bridgehead atoms. The number of hydrogen-bond donors (Lipinski definition) is 3. The lowest BCUT2D eigenvalue weighted by Gasteiger charge is -2.18. The van der Waals surface area contributed by atoms with Gasteiger partial charge in [-0.05, 0) is 47.6 Å². The summed E-state index contributed by atoms with van der Waals surface area (Å²) in [7, 11) is 0. The average Bonchev–Trinajstić information content (AvgIpc) is 2.87. The summed E-state index contributed by atoms with van der Waals surface area (Å²) in [5.74, 6) is 0.692. The average molecular weight is 448 g/mol. The van der Waals surface area contributed by atoms with E-state index in [4.69, 9.17) is 5.73 Å². The van der Waals surface area contributed by atoms with Crippen LogP contribution in [0.1, 0.15) is 33.2 Å². The maximum Gasteiger partial charge on any atom is 0.251 e. The summed E-state index contributed by atoms with van der Waals surface area (Å²) in [5.41, 5.74) is 8.13. The molecule has 142 valence electrons. The molecule has 0 spiro atoms. The van der Waals surface area contributed by atoms with Crippen LogP contribution in [0.15, 0.2) is 53.0 Å². The van der Waals surface area contributed by atoms with E-state index in [0.717, 1.165) is 27.8 Å². The fourth-order valence-electron chi connectivity index (χ4n) is 2.93. The molecule has 3 rings (SSSR count). The minimum atomic E-state index is -0.230. The van der Waals surface area contributed by atoms with Gasteiger partial charge in [-0.15, -0.1) is 11.8 Å². The third-order valence-corrected chi connectivity index (χ3v) is 6.23. The molecular weight excluding hydrogens is 426 g/mol. The van der Waals surface area contributed by atoms with Gasteiger partial charge >= 0.3 is 0 Å². The highest BCUT2D eigenvalue weighted by atomic mass is 79.9. The molecule has 4 N–H and O–H groups in total. The summed E-state index contributed by atoms with van der Waals surface area (Å²) < 4.78 is 0.960. The smallest absolute Gasteiger partial charge is 0.251 e. The first-order chi connectivity index (χ1) is 13.1. The Morgan fingerprint density at radius 3 is 2.74 bits per heavy atom. The number of benzene rings is 2. The number of carbonyl (C=O) groups excluding carboxylic acids is 2. The predicted molar refractivity (Wildman–Crippen MR) is 113 cm³/mol. The summed E-state index contributed by atoms with van der Waals surface area (Å²) in [6.07, 6.45) is 0.813. The van der Waals surface area contributed by atoms with E-state index in [9.17, 15) is 9.59 Å². The zero-order valence-electron chi connectivity index (χ0n) is 14.8. The van der Waals surface area contributed by atoms with Crippen LogP contribution in [-0.4, -0.2) is 30.2 Å². The van der Waals surface area contributed by atoms with Gasteiger partial charge in [-0.2, -0.15) is 0 Å². The highest BCUT2D eigenvalue weighted by Crippen LogP contribution is 2.33. The van der Waals surface area contributed by atoms with Crippen LogP contribution >= 0.6 is 27.7 Å². The quantitative estimate of drug-likeness (QED) is 0.657. The van der Waals surface area contributed by atoms with Gasteiger partial charge < -0.3 is 16.4 Å². The molecule has 1 fully saturated rings. The number of nitrogens with two attached hydrogens (primary N) is 1. The zero-order chi connectivity index (χ0) is 19.2. The topological polar surface area (TPSA) is 84.2 Å². The zero-order valence-corrected chi connectivity index (χ0v) is 17.2. The predicted octanol–water partition coefficient (Wildman–Crippen LogP) is 3.00. The van der Waals surface area contributed by atoms with Crippen LogP contribution < -0.4 is 16.4 Å². The molecule has 0 aliphatic carbocycles. The third kappa shape index (κ3) is 5.34. The van der Waals surface area contributed by atoms with Crippen molar-refractivity contribution < 1.29 is 9.59 Å². The van der Waals surface area contributed by atoms with E-state index in [1.165, 1.54) is 0 Å². The van der Waals surface area contributed by atoms with Gasteiger partial charge in [0.15, 0.2) is 0 Å². The second kappa shape index (κ2) is 9.39. The number of hydrogen-bond acceptors (Lipinski definition) is 4. The van der Waals surface area contributed by atoms with E-state index in [-0.39, 0.29) is 23.1 Å². The Morgan fingerprint density at radius 2 is 2.04 bits per heavy atom. The molecule has 0 radical (unpaired) electrons. The fraction of sp³-hybridized carbons (Fsp3) is 0.300. The number of thioether (sulfide) groups is 1. The minimum absolute atomic E-state index is 0.0119. The van der Waals surface area contributed by atoms with Crippen LogP contribution in [0.3, 0.4) is 0 Å². The summed E-state index contributed by atoms with van der Waals surface area (Å²) in [6.45, 7) is 0.863. The molecular formula is C20H22BrN3O2S. The molecule has 5 nitrogen and oxygen atoms in total. The lowest BCUT2D eigenvalue weighted by molar-refractivity contribution is -0.121. The van der Waals surface area contributed by atoms with Gasteiger partial charge in [0.05, 0.1) is 0 Å². The van der Waals surface area contributed by atoms with Crippen molar-refractivity contribution in [2.75, 3.05) is 12.3 Å². The number of rotatable bonds is 5. The Balaban J connectivity index is 1.57. The van der Waals surface area contributed by atoms with Crippen molar-refractivity contribution in [1.82, 2.24) is 10.6 Å². The minimum Gasteiger partial charge on any atom is -0.350 e. The van der Waals surface area contributed by atoms with E-state index in [2.05, 4.69) is 26.6 Å². The number of carbonyl (C=O) groups is 2. The number of halogens is 1. The highest BCUT2D eigenvalue weighted by Gasteiger charge is 2.27. The summed E-state index contributed by atoms with van der Waals surface area (Å²) in [5, 5.41) is 5.75. The molecule has 2 amide bonds. The van der Waals surface area contributed by atoms with Gasteiger partial charge in [-0.3, -0.25) is 9.59 Å². The van der Waals surface area contributed by atoms with Gasteiger partial charge in [0, 0.05) is 29.2 Å². The molecule has 1 saturated heterocycles. The van der Waals surface area contributed by atoms with Gasteiger partial charge in [0.2, 0.25) is 5.91 Å². The maximum absolute atomic E-state index is 12.6. The summed E-state index contributed by atoms with van der Waals surface area (Å²) >= 11 is 5.09. The largest absolute Gasteiger partial charge is 0.350 e. The van der Waals surface area contributed by atoms with Crippen molar-refractivity contribution >= 4 is 39.5 Å². The van der Waals surface area contributed by atoms with Crippen molar-refractivity contribution in [3.05, 3.63) is 69.7 Å². The maximum atomic E-state index is 12.6. The molecule has 1 heterocycles. The molecule has 2 aromatic carbocycles. The van der Waals surface area contributed by atoms with Gasteiger partial charge in [0.25, 0.3) is 5.91 Å². The van der Waals surface area contributed by atoms with Crippen LogP contribution in [0.2, 0.25) is 0 Å². The first kappa shape index (κ1) is 19.9. The van der Waals surface area contributed by atoms with Crippen molar-refractivity contribution in [2.24, 2.45) is 5.73 Å². The van der Waals surface area contributed by atoms with Crippen molar-refractivity contribution in [1.29, 1.82) is 0 Å². The molecule has 27 heavy (non-hydrogen) atoms. The van der Waals surface area contributed by atoms with Crippen molar-refractivity contribution in [3.8, 4) is 0 Å². The Kier molecular flexibility index (Phi) is 6.93. The Labute approximate surface area is 171 Å². The van der Waals surface area contributed by atoms with Crippen LogP contribution in [0, 0.1) is 0 Å². The molecule has 7 heteroatoms. The summed E-state index contributed by atoms with van der Waals surface area (Å²) in [4.78, 5) is 25.0. The summed E-state index contributed by atoms with van der Waals surface area (Å²) in [6, 6.07) is 15.0. The number of amides is 2. The molecule has 1 aliphatic heterocycles. The van der Waals surface area contributed by atoms with Gasteiger partial charge in [0.1, 0.15) is 5.25 Å². The van der Waals surface area contributed by atoms with Crippen LogP contribution in [0.4, 0.5) is 0 Å². The third-order valence-electron chi connectivity index (χ3n) is 4.45. The van der Waals surface area contributed by atoms with Crippen LogP contribution in [-0.2, 0) is 11.3 Å². The van der Waals surface area contributed by atoms with E-state index in [1.807, 2.05) is 36.4 Å². The SMILES string of the molecule is NCc1ccc(C(=O)NC[C@@H]2CCS[C@H](c3cccc(Br)c3)C(=O)N2)cc1. The van der Waals surface area contributed by atoms with E-state index in [0.29, 0.717) is 18.7 Å². The second-order valence-corrected chi connectivity index (χ2v) is 8.54. The molecule has 0 unspecified atom stereocenters. The van der Waals surface area contributed by atoms with E-state index >= 15 is 0 Å². The van der Waals surface area contributed by atoms with Gasteiger partial charge in [-0.1, -0.05) is 40.2 Å². The van der Waals surface area contributed by atoms with Crippen LogP contribution in [0.5, 0.6) is 0 Å². The first-order valence-electron chi connectivity index (χ1n) is 8.81. The Hall–Kier alpha value is -1.83. The lowest BCUT2D eigenvalue weighted by atomic mass is 10.1. The van der Waals surface area contributed by atoms with E-state index < -0.39 is 0 Å². The van der Waals surface area contributed by atoms with Crippen LogP contribution in [0.25, 0.3) is 0 Å². The second-order valence-electron chi connectivity index (χ2n) is 6.41. The van der Waals surface area contributed by atoms with Gasteiger partial charge in [-0.25, -0.2) is 0 Å². The standard InChI is InChI=1S/C20H22BrN3O2S/c21-16-3-1-2-15(10-16)18-20(26)24-17(8-9-27-18)12-23-19(25)14-6-4-13(11-22)5-7-14/h1-7,10,17-18H,8-9,11-12,22H2,(H,23,25)(H,24,26)/t17-,18+/m0/s1. The van der Waals surface area contributed by atoms with E-state index in [1.54, 1.807) is 23.9 Å². The molecule has 0 saturated carbocycles. The molecule has 2 aromatic rings. The lowest BCUT2D eigenvalue weighted by Crippen LogP contribution is -2.43. The molecule has 0 aromatic heterocycles. The Bertz CT molecular complexity index is 813.